The molecule has 1 saturated heterocycles. The Labute approximate surface area is 245 Å². The second-order valence-corrected chi connectivity index (χ2v) is 11.5. The van der Waals surface area contributed by atoms with Gasteiger partial charge in [-0.25, -0.2) is 4.39 Å². The Kier molecular flexibility index (Phi) is 7.96. The summed E-state index contributed by atoms with van der Waals surface area (Å²) in [4.78, 5) is 27.2. The maximum atomic E-state index is 14.7. The van der Waals surface area contributed by atoms with Crippen molar-refractivity contribution >= 4 is 38.9 Å². The topological polar surface area (TPSA) is 123 Å². The molecule has 0 bridgehead atoms. The number of anilines is 1. The van der Waals surface area contributed by atoms with Crippen LogP contribution in [0.5, 0.6) is 17.2 Å². The Morgan fingerprint density at radius 1 is 1.10 bits per heavy atom. The molecular weight excluding hydrogens is 561 g/mol. The molecule has 3 heterocycles. The molecule has 4 aromatic rings. The van der Waals surface area contributed by atoms with Crippen LogP contribution in [-0.2, 0) is 0 Å². The molecule has 0 aliphatic carbocycles. The van der Waals surface area contributed by atoms with E-state index < -0.39 is 29.8 Å². The zero-order valence-electron chi connectivity index (χ0n) is 22.7. The number of ether oxygens (including phenoxy) is 3. The molecule has 0 saturated carbocycles. The number of aliphatic hydroxyl groups excluding tert-OH is 1. The first-order valence-electron chi connectivity index (χ1n) is 13.7. The molecule has 2 atom stereocenters. The summed E-state index contributed by atoms with van der Waals surface area (Å²) in [7, 11) is 0. The van der Waals surface area contributed by atoms with Crippen molar-refractivity contribution in [1.29, 1.82) is 0 Å². The lowest BCUT2D eigenvalue weighted by molar-refractivity contribution is 0.0759. The number of nitrogens with two attached hydrogens (primary N) is 1. The van der Waals surface area contributed by atoms with Crippen LogP contribution in [0.2, 0.25) is 0 Å². The van der Waals surface area contributed by atoms with Crippen molar-refractivity contribution in [3.8, 4) is 17.2 Å². The van der Waals surface area contributed by atoms with Crippen molar-refractivity contribution in [2.45, 2.75) is 25.0 Å². The van der Waals surface area contributed by atoms with Crippen LogP contribution in [0.1, 0.15) is 44.5 Å². The Morgan fingerprint density at radius 3 is 2.74 bits per heavy atom. The molecule has 1 aromatic heterocycles. The third kappa shape index (κ3) is 6.18. The van der Waals surface area contributed by atoms with Gasteiger partial charge in [0.25, 0.3) is 5.91 Å². The smallest absolute Gasteiger partial charge is 0.265 e. The number of hydrogen-bond donors (Lipinski definition) is 3. The Hall–Kier alpha value is -4.19. The average molecular weight is 592 g/mol. The fraction of sp³-hybridized carbons (Fsp3) is 0.290. The molecule has 1 fully saturated rings. The van der Waals surface area contributed by atoms with Crippen LogP contribution in [0.3, 0.4) is 0 Å². The second kappa shape index (κ2) is 12.0. The van der Waals surface area contributed by atoms with Crippen LogP contribution in [0.4, 0.5) is 10.1 Å². The number of nitrogens with zero attached hydrogens (tertiary/aromatic N) is 1. The van der Waals surface area contributed by atoms with Gasteiger partial charge in [0.1, 0.15) is 30.9 Å². The van der Waals surface area contributed by atoms with E-state index in [0.717, 1.165) is 36.0 Å². The molecule has 11 heteroatoms. The molecule has 2 aliphatic heterocycles. The molecule has 218 valence electrons. The van der Waals surface area contributed by atoms with Gasteiger partial charge in [-0.3, -0.25) is 9.59 Å². The SMILES string of the molecule is NC(=O)c1ccc2c(c1)OCC(c1ccc(F)c(NC(=O)c3cc4ccc(OCC(O)CN5CCCC5)cc4s3)c1)O2. The fourth-order valence-electron chi connectivity index (χ4n) is 5.13. The highest BCUT2D eigenvalue weighted by molar-refractivity contribution is 7.20. The van der Waals surface area contributed by atoms with Crippen molar-refractivity contribution in [3.63, 3.8) is 0 Å². The predicted molar refractivity (Wildman–Crippen MR) is 157 cm³/mol. The van der Waals surface area contributed by atoms with Crippen molar-refractivity contribution in [1.82, 2.24) is 4.90 Å². The average Bonchev–Trinajstić information content (AvgIpc) is 3.66. The minimum Gasteiger partial charge on any atom is -0.491 e. The summed E-state index contributed by atoms with van der Waals surface area (Å²) in [6.45, 7) is 2.93. The summed E-state index contributed by atoms with van der Waals surface area (Å²) in [5, 5.41) is 13.9. The highest BCUT2D eigenvalue weighted by atomic mass is 32.1. The number of nitrogens with one attached hydrogen (secondary N) is 1. The molecular formula is C31H30FN3O6S. The maximum absolute atomic E-state index is 14.7. The lowest BCUT2D eigenvalue weighted by Gasteiger charge is -2.27. The Balaban J connectivity index is 1.11. The van der Waals surface area contributed by atoms with E-state index in [0.29, 0.717) is 39.8 Å². The van der Waals surface area contributed by atoms with Crippen LogP contribution in [-0.4, -0.2) is 60.8 Å². The number of halogens is 1. The number of fused-ring (bicyclic) bond motifs is 2. The van der Waals surface area contributed by atoms with Crippen LogP contribution in [0.25, 0.3) is 10.1 Å². The summed E-state index contributed by atoms with van der Waals surface area (Å²) < 4.78 is 33.2. The van der Waals surface area contributed by atoms with Gasteiger partial charge in [0.05, 0.1) is 10.6 Å². The fourth-order valence-corrected chi connectivity index (χ4v) is 6.12. The maximum Gasteiger partial charge on any atom is 0.265 e. The van der Waals surface area contributed by atoms with E-state index in [1.165, 1.54) is 29.5 Å². The Bertz CT molecular complexity index is 1640. The van der Waals surface area contributed by atoms with E-state index >= 15 is 0 Å². The first-order chi connectivity index (χ1) is 20.3. The molecule has 2 unspecified atom stereocenters. The van der Waals surface area contributed by atoms with Gasteiger partial charge in [0.2, 0.25) is 5.91 Å². The zero-order valence-corrected chi connectivity index (χ0v) is 23.5. The number of likely N-dealkylation sites (tertiary alicyclic amines) is 1. The first-order valence-corrected chi connectivity index (χ1v) is 14.5. The van der Waals surface area contributed by atoms with Gasteiger partial charge < -0.3 is 35.3 Å². The number of thiophene rings is 1. The van der Waals surface area contributed by atoms with Crippen molar-refractivity contribution < 1.29 is 33.3 Å². The van der Waals surface area contributed by atoms with Crippen molar-refractivity contribution in [3.05, 3.63) is 82.5 Å². The van der Waals surface area contributed by atoms with Crippen LogP contribution in [0.15, 0.2) is 60.7 Å². The molecule has 0 radical (unpaired) electrons. The summed E-state index contributed by atoms with van der Waals surface area (Å²) in [6.07, 6.45) is 1.20. The van der Waals surface area contributed by atoms with E-state index in [1.807, 2.05) is 18.2 Å². The van der Waals surface area contributed by atoms with Crippen LogP contribution < -0.4 is 25.3 Å². The molecule has 4 N–H and O–H groups in total. The van der Waals surface area contributed by atoms with Gasteiger partial charge in [-0.15, -0.1) is 11.3 Å². The second-order valence-electron chi connectivity index (χ2n) is 10.4. The van der Waals surface area contributed by atoms with E-state index in [9.17, 15) is 19.1 Å². The number of carbonyl (C=O) groups is 2. The standard InChI is InChI=1S/C31H30FN3O6S/c32-23-7-4-18(27-17-40-26-12-20(30(33)37)5-8-25(26)41-27)11-24(23)34-31(38)29-13-19-3-6-22(14-28(19)42-29)39-16-21(36)15-35-9-1-2-10-35/h3-8,11-14,21,27,36H,1-2,9-10,15-17H2,(H2,33,37)(H,34,38). The molecule has 2 aliphatic rings. The third-order valence-corrected chi connectivity index (χ3v) is 8.42. The minimum absolute atomic E-state index is 0.0180. The molecule has 0 spiro atoms. The van der Waals surface area contributed by atoms with Gasteiger partial charge in [-0.05, 0) is 91.5 Å². The zero-order chi connectivity index (χ0) is 29.2. The van der Waals surface area contributed by atoms with Gasteiger partial charge in [-0.2, -0.15) is 0 Å². The molecule has 6 rings (SSSR count). The number of carbonyl (C=O) groups excluding carboxylic acids is 2. The molecule has 3 aromatic carbocycles. The van der Waals surface area contributed by atoms with E-state index in [2.05, 4.69) is 10.2 Å². The lowest BCUT2D eigenvalue weighted by atomic mass is 10.1. The van der Waals surface area contributed by atoms with E-state index in [4.69, 9.17) is 19.9 Å². The normalized spacial score (nSPS) is 17.2. The Morgan fingerprint density at radius 2 is 1.93 bits per heavy atom. The van der Waals surface area contributed by atoms with Gasteiger partial charge in [-0.1, -0.05) is 6.07 Å². The third-order valence-electron chi connectivity index (χ3n) is 7.32. The number of primary amides is 1. The quantitative estimate of drug-likeness (QED) is 0.257. The number of hydrogen-bond acceptors (Lipinski definition) is 8. The van der Waals surface area contributed by atoms with Gasteiger partial charge >= 0.3 is 0 Å². The molecule has 9 nitrogen and oxygen atoms in total. The highest BCUT2D eigenvalue weighted by Gasteiger charge is 2.25. The van der Waals surface area contributed by atoms with Crippen LogP contribution >= 0.6 is 11.3 Å². The largest absolute Gasteiger partial charge is 0.491 e. The van der Waals surface area contributed by atoms with Gasteiger partial charge in [0.15, 0.2) is 17.6 Å². The summed E-state index contributed by atoms with van der Waals surface area (Å²) >= 11 is 1.27. The van der Waals surface area contributed by atoms with Crippen molar-refractivity contribution in [2.75, 3.05) is 38.2 Å². The van der Waals surface area contributed by atoms with E-state index in [-0.39, 0.29) is 18.9 Å². The molecule has 42 heavy (non-hydrogen) atoms. The molecule has 2 amide bonds. The number of aliphatic hydroxyl groups is 1. The number of β-amino-alcohol motifs (C(OH)–C–C–N with tert-alkyl or cyclic N) is 1. The lowest BCUT2D eigenvalue weighted by Crippen LogP contribution is -2.33. The minimum atomic E-state index is -0.584. The van der Waals surface area contributed by atoms with Crippen LogP contribution in [0, 0.1) is 5.82 Å². The van der Waals surface area contributed by atoms with Crippen molar-refractivity contribution in [2.24, 2.45) is 5.73 Å². The highest BCUT2D eigenvalue weighted by Crippen LogP contribution is 2.38. The monoisotopic (exact) mass is 591 g/mol. The van der Waals surface area contributed by atoms with E-state index in [1.54, 1.807) is 24.3 Å². The summed E-state index contributed by atoms with van der Waals surface area (Å²) in [6, 6.07) is 16.3. The summed E-state index contributed by atoms with van der Waals surface area (Å²) in [5.41, 5.74) is 6.27. The first kappa shape index (κ1) is 28.0. The number of amides is 2. The number of rotatable bonds is 9. The number of benzene rings is 3. The predicted octanol–water partition coefficient (Wildman–Crippen LogP) is 4.74. The summed E-state index contributed by atoms with van der Waals surface area (Å²) in [5.74, 6) is -0.160. The van der Waals surface area contributed by atoms with Gasteiger partial charge in [0, 0.05) is 16.8 Å².